The van der Waals surface area contributed by atoms with E-state index in [0.29, 0.717) is 12.5 Å². The zero-order chi connectivity index (χ0) is 14.5. The van der Waals surface area contributed by atoms with E-state index in [2.05, 4.69) is 31.2 Å². The summed E-state index contributed by atoms with van der Waals surface area (Å²) in [5.74, 6) is 2.23. The number of benzene rings is 1. The fraction of sp³-hybridized carbons (Fsp3) is 0.333. The Morgan fingerprint density at radius 3 is 2.65 bits per heavy atom. The van der Waals surface area contributed by atoms with Crippen molar-refractivity contribution in [3.05, 3.63) is 45.7 Å². The lowest BCUT2D eigenvalue weighted by atomic mass is 10.2. The summed E-state index contributed by atoms with van der Waals surface area (Å²) in [6.07, 6.45) is 0.778. The first-order chi connectivity index (χ1) is 9.65. The molecule has 0 aliphatic heterocycles. The Labute approximate surface area is 127 Å². The highest BCUT2D eigenvalue weighted by Crippen LogP contribution is 2.24. The molecule has 20 heavy (non-hydrogen) atoms. The molecule has 0 saturated heterocycles. The first-order valence-electron chi connectivity index (χ1n) is 6.57. The number of nitrogens with one attached hydrogen (secondary N) is 1. The zero-order valence-corrected chi connectivity index (χ0v) is 13.5. The van der Waals surface area contributed by atoms with E-state index in [9.17, 15) is 0 Å². The molecule has 106 valence electrons. The molecule has 0 amide bonds. The van der Waals surface area contributed by atoms with Crippen LogP contribution in [-0.2, 0) is 13.0 Å². The number of halogens is 1. The zero-order valence-electron chi connectivity index (χ0n) is 11.9. The molecule has 0 unspecified atom stereocenters. The average Bonchev–Trinajstić information content (AvgIpc) is 2.47. The molecule has 0 radical (unpaired) electrons. The number of anilines is 1. The molecule has 0 bridgehead atoms. The molecule has 0 atom stereocenters. The van der Waals surface area contributed by atoms with Crippen LogP contribution in [-0.4, -0.2) is 17.0 Å². The molecule has 0 aliphatic carbocycles. The highest BCUT2D eigenvalue weighted by molar-refractivity contribution is 9.10. The molecule has 2 aromatic rings. The van der Waals surface area contributed by atoms with E-state index in [1.54, 1.807) is 0 Å². The molecule has 1 heterocycles. The summed E-state index contributed by atoms with van der Waals surface area (Å²) in [7, 11) is 1.85. The predicted octanol–water partition coefficient (Wildman–Crippen LogP) is 3.73. The minimum absolute atomic E-state index is 0.478. The average molecular weight is 336 g/mol. The fourth-order valence-electron chi connectivity index (χ4n) is 1.84. The second kappa shape index (κ2) is 6.70. The van der Waals surface area contributed by atoms with Crippen LogP contribution < -0.4 is 10.1 Å². The van der Waals surface area contributed by atoms with Gasteiger partial charge in [0, 0.05) is 23.5 Å². The first kappa shape index (κ1) is 14.8. The second-order valence-corrected chi connectivity index (χ2v) is 5.26. The van der Waals surface area contributed by atoms with Crippen LogP contribution in [0.5, 0.6) is 5.88 Å². The minimum Gasteiger partial charge on any atom is -0.472 e. The van der Waals surface area contributed by atoms with Gasteiger partial charge in [-0.05, 0) is 13.0 Å². The molecule has 0 fully saturated rings. The molecule has 0 saturated carbocycles. The maximum atomic E-state index is 5.87. The van der Waals surface area contributed by atoms with E-state index < -0.39 is 0 Å². The number of aromatic nitrogens is 2. The van der Waals surface area contributed by atoms with Crippen LogP contribution in [0, 0.1) is 6.92 Å². The lowest BCUT2D eigenvalue weighted by Crippen LogP contribution is -2.07. The highest BCUT2D eigenvalue weighted by atomic mass is 79.9. The van der Waals surface area contributed by atoms with Gasteiger partial charge in [0.05, 0.1) is 5.56 Å². The smallest absolute Gasteiger partial charge is 0.222 e. The summed E-state index contributed by atoms with van der Waals surface area (Å²) < 4.78 is 6.91. The van der Waals surface area contributed by atoms with Crippen LogP contribution in [0.4, 0.5) is 5.82 Å². The van der Waals surface area contributed by atoms with Gasteiger partial charge in [0.25, 0.3) is 0 Å². The van der Waals surface area contributed by atoms with E-state index >= 15 is 0 Å². The molecular weight excluding hydrogens is 318 g/mol. The van der Waals surface area contributed by atoms with E-state index in [-0.39, 0.29) is 0 Å². The van der Waals surface area contributed by atoms with E-state index in [1.165, 1.54) is 0 Å². The van der Waals surface area contributed by atoms with E-state index in [1.807, 2.05) is 45.2 Å². The predicted molar refractivity (Wildman–Crippen MR) is 84.2 cm³/mol. The highest BCUT2D eigenvalue weighted by Gasteiger charge is 2.11. The Balaban J connectivity index is 2.23. The molecule has 5 heteroatoms. The topological polar surface area (TPSA) is 47.0 Å². The Morgan fingerprint density at radius 2 is 2.00 bits per heavy atom. The molecule has 0 spiro atoms. The lowest BCUT2D eigenvalue weighted by Gasteiger charge is -2.13. The van der Waals surface area contributed by atoms with Crippen molar-refractivity contribution in [2.24, 2.45) is 0 Å². The van der Waals surface area contributed by atoms with Crippen LogP contribution in [0.1, 0.15) is 23.9 Å². The summed E-state index contributed by atoms with van der Waals surface area (Å²) in [5, 5.41) is 3.08. The molecule has 4 nitrogen and oxygen atoms in total. The van der Waals surface area contributed by atoms with Crippen molar-refractivity contribution in [3.8, 4) is 5.88 Å². The van der Waals surface area contributed by atoms with Gasteiger partial charge in [0.2, 0.25) is 5.88 Å². The second-order valence-electron chi connectivity index (χ2n) is 4.40. The van der Waals surface area contributed by atoms with Crippen LogP contribution in [0.15, 0.2) is 28.7 Å². The normalized spacial score (nSPS) is 10.4. The quantitative estimate of drug-likeness (QED) is 0.904. The number of hydrogen-bond donors (Lipinski definition) is 1. The molecule has 1 N–H and O–H groups in total. The molecular formula is C15H18BrN3O. The van der Waals surface area contributed by atoms with Crippen LogP contribution >= 0.6 is 15.9 Å². The molecule has 0 aliphatic rings. The van der Waals surface area contributed by atoms with Crippen molar-refractivity contribution >= 4 is 21.7 Å². The molecule has 1 aromatic carbocycles. The van der Waals surface area contributed by atoms with Gasteiger partial charge in [-0.2, -0.15) is 4.98 Å². The van der Waals surface area contributed by atoms with Crippen LogP contribution in [0.2, 0.25) is 0 Å². The number of rotatable bonds is 5. The third-order valence-electron chi connectivity index (χ3n) is 3.02. The monoisotopic (exact) mass is 335 g/mol. The number of nitrogens with zero attached hydrogens (tertiary/aromatic N) is 2. The Hall–Kier alpha value is -1.62. The Kier molecular flexibility index (Phi) is 4.95. The first-order valence-corrected chi connectivity index (χ1v) is 7.36. The molecule has 1 aromatic heterocycles. The van der Waals surface area contributed by atoms with Gasteiger partial charge < -0.3 is 10.1 Å². The minimum atomic E-state index is 0.478. The van der Waals surface area contributed by atoms with Crippen molar-refractivity contribution in [1.82, 2.24) is 9.97 Å². The largest absolute Gasteiger partial charge is 0.472 e. The van der Waals surface area contributed by atoms with E-state index in [4.69, 9.17) is 4.74 Å². The van der Waals surface area contributed by atoms with Crippen molar-refractivity contribution < 1.29 is 4.74 Å². The van der Waals surface area contributed by atoms with Crippen molar-refractivity contribution in [2.75, 3.05) is 12.4 Å². The SMILES string of the molecule is CCc1nc(NC)c(C)c(OCc2ccccc2Br)n1. The van der Waals surface area contributed by atoms with Gasteiger partial charge in [0.1, 0.15) is 18.2 Å². The van der Waals surface area contributed by atoms with Gasteiger partial charge in [0.15, 0.2) is 0 Å². The van der Waals surface area contributed by atoms with Gasteiger partial charge in [-0.25, -0.2) is 4.98 Å². The summed E-state index contributed by atoms with van der Waals surface area (Å²) >= 11 is 3.52. The standard InChI is InChI=1S/C15H18BrN3O/c1-4-13-18-14(17-3)10(2)15(19-13)20-9-11-7-5-6-8-12(11)16/h5-8H,4,9H2,1-3H3,(H,17,18,19). The Bertz CT molecular complexity index is 602. The van der Waals surface area contributed by atoms with Gasteiger partial charge >= 0.3 is 0 Å². The number of ether oxygens (including phenoxy) is 1. The van der Waals surface area contributed by atoms with Gasteiger partial charge in [-0.15, -0.1) is 0 Å². The van der Waals surface area contributed by atoms with Crippen LogP contribution in [0.25, 0.3) is 0 Å². The van der Waals surface area contributed by atoms with Crippen LogP contribution in [0.3, 0.4) is 0 Å². The Morgan fingerprint density at radius 1 is 1.25 bits per heavy atom. The van der Waals surface area contributed by atoms with Crippen molar-refractivity contribution in [1.29, 1.82) is 0 Å². The summed E-state index contributed by atoms with van der Waals surface area (Å²) in [6.45, 7) is 4.47. The summed E-state index contributed by atoms with van der Waals surface area (Å²) in [5.41, 5.74) is 2.02. The van der Waals surface area contributed by atoms with E-state index in [0.717, 1.165) is 33.7 Å². The van der Waals surface area contributed by atoms with Crippen molar-refractivity contribution in [2.45, 2.75) is 26.9 Å². The summed E-state index contributed by atoms with van der Waals surface area (Å²) in [4.78, 5) is 8.89. The third-order valence-corrected chi connectivity index (χ3v) is 3.80. The summed E-state index contributed by atoms with van der Waals surface area (Å²) in [6, 6.07) is 8.01. The van der Waals surface area contributed by atoms with Crippen molar-refractivity contribution in [3.63, 3.8) is 0 Å². The lowest BCUT2D eigenvalue weighted by molar-refractivity contribution is 0.289. The maximum Gasteiger partial charge on any atom is 0.222 e. The fourth-order valence-corrected chi connectivity index (χ4v) is 2.24. The van der Waals surface area contributed by atoms with Gasteiger partial charge in [-0.1, -0.05) is 41.1 Å². The third kappa shape index (κ3) is 3.28. The number of hydrogen-bond acceptors (Lipinski definition) is 4. The molecule has 2 rings (SSSR count). The number of aryl methyl sites for hydroxylation is 1. The maximum absolute atomic E-state index is 5.87. The van der Waals surface area contributed by atoms with Gasteiger partial charge in [-0.3, -0.25) is 0 Å².